The summed E-state index contributed by atoms with van der Waals surface area (Å²) >= 11 is 6.63. The standard InChI is InChI=1S/C11H14Br2N2O3S/c12-9-5-7(14)6-10(13)11(9)15-19(16,17)8-1-3-18-4-2-8/h5-6,8,15H,1-4,14H2. The van der Waals surface area contributed by atoms with Gasteiger partial charge in [-0.1, -0.05) is 0 Å². The Kier molecular flexibility index (Phi) is 4.75. The van der Waals surface area contributed by atoms with Crippen molar-refractivity contribution >= 4 is 53.3 Å². The highest BCUT2D eigenvalue weighted by Gasteiger charge is 2.28. The fraction of sp³-hybridized carbons (Fsp3) is 0.455. The van der Waals surface area contributed by atoms with Gasteiger partial charge in [-0.3, -0.25) is 4.72 Å². The summed E-state index contributed by atoms with van der Waals surface area (Å²) in [5, 5.41) is -0.419. The molecule has 1 heterocycles. The molecule has 1 aliphatic heterocycles. The maximum absolute atomic E-state index is 12.3. The average molecular weight is 414 g/mol. The van der Waals surface area contributed by atoms with Gasteiger partial charge >= 0.3 is 0 Å². The number of rotatable bonds is 3. The van der Waals surface area contributed by atoms with Gasteiger partial charge in [0.1, 0.15) is 0 Å². The third-order valence-electron chi connectivity index (χ3n) is 2.92. The molecule has 1 aromatic rings. The molecule has 0 saturated carbocycles. The second-order valence-electron chi connectivity index (χ2n) is 4.32. The van der Waals surface area contributed by atoms with Crippen molar-refractivity contribution in [2.75, 3.05) is 23.7 Å². The van der Waals surface area contributed by atoms with E-state index in [9.17, 15) is 8.42 Å². The second kappa shape index (κ2) is 5.99. The largest absolute Gasteiger partial charge is 0.399 e. The van der Waals surface area contributed by atoms with Gasteiger partial charge in [-0.15, -0.1) is 0 Å². The number of nitrogens with one attached hydrogen (secondary N) is 1. The van der Waals surface area contributed by atoms with Crippen molar-refractivity contribution in [2.24, 2.45) is 0 Å². The molecule has 2 rings (SSSR count). The van der Waals surface area contributed by atoms with Crippen LogP contribution >= 0.6 is 31.9 Å². The first-order valence-electron chi connectivity index (χ1n) is 5.74. The minimum absolute atomic E-state index is 0.419. The Morgan fingerprint density at radius 1 is 1.21 bits per heavy atom. The molecule has 1 aromatic carbocycles. The molecule has 0 amide bonds. The molecule has 3 N–H and O–H groups in total. The van der Waals surface area contributed by atoms with E-state index >= 15 is 0 Å². The van der Waals surface area contributed by atoms with Crippen LogP contribution in [-0.2, 0) is 14.8 Å². The molecule has 1 fully saturated rings. The molecule has 0 aromatic heterocycles. The summed E-state index contributed by atoms with van der Waals surface area (Å²) in [5.74, 6) is 0. The molecule has 8 heteroatoms. The normalized spacial score (nSPS) is 17.4. The summed E-state index contributed by atoms with van der Waals surface area (Å²) in [6, 6.07) is 3.32. The van der Waals surface area contributed by atoms with Gasteiger partial charge in [0.2, 0.25) is 10.0 Å². The molecule has 0 spiro atoms. The van der Waals surface area contributed by atoms with Gasteiger partial charge in [-0.25, -0.2) is 8.42 Å². The Hall–Kier alpha value is -0.310. The first-order chi connectivity index (χ1) is 8.90. The highest BCUT2D eigenvalue weighted by molar-refractivity contribution is 9.11. The zero-order valence-corrected chi connectivity index (χ0v) is 14.0. The number of hydrogen-bond donors (Lipinski definition) is 2. The van der Waals surface area contributed by atoms with Crippen molar-refractivity contribution in [3.63, 3.8) is 0 Å². The van der Waals surface area contributed by atoms with Crippen molar-refractivity contribution in [2.45, 2.75) is 18.1 Å². The average Bonchev–Trinajstić information content (AvgIpc) is 2.35. The van der Waals surface area contributed by atoms with Crippen molar-refractivity contribution in [3.05, 3.63) is 21.1 Å². The number of halogens is 2. The number of nitrogens with two attached hydrogens (primary N) is 1. The molecule has 0 unspecified atom stereocenters. The van der Waals surface area contributed by atoms with Crippen LogP contribution < -0.4 is 10.5 Å². The molecule has 0 atom stereocenters. The van der Waals surface area contributed by atoms with Crippen molar-refractivity contribution < 1.29 is 13.2 Å². The quantitative estimate of drug-likeness (QED) is 0.746. The lowest BCUT2D eigenvalue weighted by atomic mass is 10.2. The lowest BCUT2D eigenvalue weighted by Crippen LogP contribution is -2.33. The molecular formula is C11H14Br2N2O3S. The molecule has 1 aliphatic rings. The number of anilines is 2. The molecular weight excluding hydrogens is 400 g/mol. The van der Waals surface area contributed by atoms with Gasteiger partial charge in [0.05, 0.1) is 10.9 Å². The number of hydrogen-bond acceptors (Lipinski definition) is 4. The third-order valence-corrected chi connectivity index (χ3v) is 6.00. The number of sulfonamides is 1. The molecule has 1 saturated heterocycles. The SMILES string of the molecule is Nc1cc(Br)c(NS(=O)(=O)C2CCOCC2)c(Br)c1. The summed E-state index contributed by atoms with van der Waals surface area (Å²) in [5.41, 5.74) is 6.70. The topological polar surface area (TPSA) is 81.4 Å². The van der Waals surface area contributed by atoms with Crippen LogP contribution in [0.15, 0.2) is 21.1 Å². The molecule has 0 radical (unpaired) electrons. The van der Waals surface area contributed by atoms with E-state index < -0.39 is 15.3 Å². The molecule has 5 nitrogen and oxygen atoms in total. The second-order valence-corrected chi connectivity index (χ2v) is 7.99. The monoisotopic (exact) mass is 412 g/mol. The summed E-state index contributed by atoms with van der Waals surface area (Å²) in [4.78, 5) is 0. The van der Waals surface area contributed by atoms with Crippen molar-refractivity contribution in [1.29, 1.82) is 0 Å². The fourth-order valence-corrected chi connectivity index (χ4v) is 5.07. The highest BCUT2D eigenvalue weighted by Crippen LogP contribution is 2.35. The van der Waals surface area contributed by atoms with E-state index in [4.69, 9.17) is 10.5 Å². The maximum atomic E-state index is 12.3. The minimum Gasteiger partial charge on any atom is -0.399 e. The van der Waals surface area contributed by atoms with Gasteiger partial charge in [0, 0.05) is 27.8 Å². The number of benzene rings is 1. The Morgan fingerprint density at radius 3 is 2.26 bits per heavy atom. The van der Waals surface area contributed by atoms with Crippen molar-refractivity contribution in [1.82, 2.24) is 0 Å². The van der Waals surface area contributed by atoms with Gasteiger partial charge in [-0.2, -0.15) is 0 Å². The van der Waals surface area contributed by atoms with E-state index in [2.05, 4.69) is 36.6 Å². The van der Waals surface area contributed by atoms with Crippen LogP contribution in [0.25, 0.3) is 0 Å². The molecule has 0 aliphatic carbocycles. The van der Waals surface area contributed by atoms with Crippen LogP contribution in [0.1, 0.15) is 12.8 Å². The summed E-state index contributed by atoms with van der Waals surface area (Å²) in [6.07, 6.45) is 1.03. The van der Waals surface area contributed by atoms with Gasteiger partial charge in [-0.05, 0) is 56.8 Å². The Labute approximate surface area is 129 Å². The highest BCUT2D eigenvalue weighted by atomic mass is 79.9. The van der Waals surface area contributed by atoms with Gasteiger partial charge < -0.3 is 10.5 Å². The van der Waals surface area contributed by atoms with Gasteiger partial charge in [0.25, 0.3) is 0 Å². The van der Waals surface area contributed by atoms with E-state index in [1.807, 2.05) is 0 Å². The predicted molar refractivity (Wildman–Crippen MR) is 82.6 cm³/mol. The minimum atomic E-state index is -3.43. The summed E-state index contributed by atoms with van der Waals surface area (Å²) in [7, 11) is -3.43. The Bertz CT molecular complexity index is 548. The van der Waals surface area contributed by atoms with E-state index in [-0.39, 0.29) is 0 Å². The van der Waals surface area contributed by atoms with E-state index in [0.717, 1.165) is 0 Å². The number of nitrogen functional groups attached to an aromatic ring is 1. The Morgan fingerprint density at radius 2 is 1.74 bits per heavy atom. The van der Waals surface area contributed by atoms with Crippen LogP contribution in [0.3, 0.4) is 0 Å². The maximum Gasteiger partial charge on any atom is 0.235 e. The van der Waals surface area contributed by atoms with E-state index in [0.29, 0.717) is 46.4 Å². The number of ether oxygens (including phenoxy) is 1. The third kappa shape index (κ3) is 3.62. The first-order valence-corrected chi connectivity index (χ1v) is 8.87. The molecule has 0 bridgehead atoms. The smallest absolute Gasteiger partial charge is 0.235 e. The van der Waals surface area contributed by atoms with Crippen LogP contribution in [0.4, 0.5) is 11.4 Å². The van der Waals surface area contributed by atoms with Gasteiger partial charge in [0.15, 0.2) is 0 Å². The van der Waals surface area contributed by atoms with E-state index in [1.165, 1.54) is 0 Å². The zero-order valence-electron chi connectivity index (χ0n) is 10.0. The lowest BCUT2D eigenvalue weighted by molar-refractivity contribution is 0.0984. The summed E-state index contributed by atoms with van der Waals surface area (Å²) < 4.78 is 33.6. The summed E-state index contributed by atoms with van der Waals surface area (Å²) in [6.45, 7) is 0.964. The van der Waals surface area contributed by atoms with Crippen LogP contribution in [-0.4, -0.2) is 26.9 Å². The molecule has 106 valence electrons. The predicted octanol–water partition coefficient (Wildman–Crippen LogP) is 2.71. The first kappa shape index (κ1) is 15.1. The zero-order chi connectivity index (χ0) is 14.0. The van der Waals surface area contributed by atoms with Crippen molar-refractivity contribution in [3.8, 4) is 0 Å². The van der Waals surface area contributed by atoms with Crippen LogP contribution in [0.5, 0.6) is 0 Å². The molecule has 19 heavy (non-hydrogen) atoms. The van der Waals surface area contributed by atoms with Crippen LogP contribution in [0.2, 0.25) is 0 Å². The van der Waals surface area contributed by atoms with E-state index in [1.54, 1.807) is 12.1 Å². The fourth-order valence-electron chi connectivity index (χ4n) is 1.90. The Balaban J connectivity index is 2.25. The van der Waals surface area contributed by atoms with Crippen LogP contribution in [0, 0.1) is 0 Å². The lowest BCUT2D eigenvalue weighted by Gasteiger charge is -2.23.